The number of hydrogen-bond acceptors (Lipinski definition) is 5. The minimum absolute atomic E-state index is 0.0182. The normalized spacial score (nSPS) is 55.5. The average Bonchev–Trinajstić information content (AvgIpc) is 3.32. The minimum atomic E-state index is -1.13. The van der Waals surface area contributed by atoms with E-state index in [1.54, 1.807) is 0 Å². The predicted molar refractivity (Wildman–Crippen MR) is 96.3 cm³/mol. The zero-order valence-corrected chi connectivity index (χ0v) is 16.7. The third-order valence-electron chi connectivity index (χ3n) is 8.91. The first-order valence-electron chi connectivity index (χ1n) is 10.2. The third-order valence-corrected chi connectivity index (χ3v) is 8.91. The predicted octanol–water partition coefficient (Wildman–Crippen LogP) is 2.67. The standard InChI is InChI=1S/C21H34O5/c1-12(2)21-15(26-21)11-14-18(3)8-6-9-19(4,17(23)25-5)13(18)7-10-20(14,24)16(21)22/h12-16,22,24H,6-11H2,1-5H3/t13-,14-,15-,16+,18-,19-,20-,21+/m1/s1. The van der Waals surface area contributed by atoms with Gasteiger partial charge in [-0.1, -0.05) is 27.2 Å². The number of methoxy groups -OCH3 is 1. The Morgan fingerprint density at radius 3 is 2.50 bits per heavy atom. The zero-order valence-electron chi connectivity index (χ0n) is 16.7. The molecule has 0 radical (unpaired) electrons. The molecule has 0 amide bonds. The molecule has 0 spiro atoms. The number of carbonyl (C=O) groups excluding carboxylic acids is 1. The molecular formula is C21H34O5. The topological polar surface area (TPSA) is 79.3 Å². The van der Waals surface area contributed by atoms with E-state index >= 15 is 0 Å². The summed E-state index contributed by atoms with van der Waals surface area (Å²) in [6.07, 6.45) is 3.96. The number of aliphatic hydroxyl groups excluding tert-OH is 1. The molecule has 3 saturated carbocycles. The van der Waals surface area contributed by atoms with Gasteiger partial charge in [0.1, 0.15) is 11.7 Å². The second-order valence-electron chi connectivity index (χ2n) is 10.2. The smallest absolute Gasteiger partial charge is 0.311 e. The first kappa shape index (κ1) is 18.7. The molecule has 148 valence electrons. The van der Waals surface area contributed by atoms with Gasteiger partial charge < -0.3 is 19.7 Å². The first-order chi connectivity index (χ1) is 12.1. The molecule has 4 aliphatic rings. The van der Waals surface area contributed by atoms with Crippen LogP contribution in [0.2, 0.25) is 0 Å². The highest BCUT2D eigenvalue weighted by Gasteiger charge is 2.77. The number of hydrogen-bond donors (Lipinski definition) is 2. The summed E-state index contributed by atoms with van der Waals surface area (Å²) >= 11 is 0. The van der Waals surface area contributed by atoms with Gasteiger partial charge in [-0.05, 0) is 62.2 Å². The largest absolute Gasteiger partial charge is 0.469 e. The van der Waals surface area contributed by atoms with Crippen molar-refractivity contribution in [2.75, 3.05) is 7.11 Å². The zero-order chi connectivity index (χ0) is 19.1. The molecule has 1 saturated heterocycles. The summed E-state index contributed by atoms with van der Waals surface area (Å²) in [6.45, 7) is 8.39. The van der Waals surface area contributed by atoms with Gasteiger partial charge in [-0.3, -0.25) is 4.79 Å². The molecule has 2 N–H and O–H groups in total. The highest BCUT2D eigenvalue weighted by atomic mass is 16.6. The molecule has 0 unspecified atom stereocenters. The molecule has 3 aliphatic carbocycles. The molecule has 1 aliphatic heterocycles. The Bertz CT molecular complexity index is 620. The molecule has 26 heavy (non-hydrogen) atoms. The summed E-state index contributed by atoms with van der Waals surface area (Å²) in [5, 5.41) is 22.9. The summed E-state index contributed by atoms with van der Waals surface area (Å²) < 4.78 is 11.2. The van der Waals surface area contributed by atoms with E-state index in [0.717, 1.165) is 32.1 Å². The number of fused-ring (bicyclic) bond motifs is 4. The number of rotatable bonds is 2. The maximum absolute atomic E-state index is 12.6. The Kier molecular flexibility index (Phi) is 3.92. The molecule has 8 atom stereocenters. The second kappa shape index (κ2) is 5.45. The molecule has 4 fully saturated rings. The van der Waals surface area contributed by atoms with Crippen LogP contribution in [0.15, 0.2) is 0 Å². The number of epoxide rings is 1. The van der Waals surface area contributed by atoms with E-state index in [0.29, 0.717) is 6.42 Å². The van der Waals surface area contributed by atoms with Gasteiger partial charge in [0, 0.05) is 0 Å². The van der Waals surface area contributed by atoms with Gasteiger partial charge in [-0.2, -0.15) is 0 Å². The van der Waals surface area contributed by atoms with Crippen molar-refractivity contribution >= 4 is 5.97 Å². The summed E-state index contributed by atoms with van der Waals surface area (Å²) in [5.74, 6) is 0.158. The molecular weight excluding hydrogens is 332 g/mol. The van der Waals surface area contributed by atoms with Crippen molar-refractivity contribution in [3.63, 3.8) is 0 Å². The van der Waals surface area contributed by atoms with Crippen LogP contribution in [-0.2, 0) is 14.3 Å². The van der Waals surface area contributed by atoms with Crippen molar-refractivity contribution in [3.8, 4) is 0 Å². The van der Waals surface area contributed by atoms with Crippen molar-refractivity contribution in [2.24, 2.45) is 28.6 Å². The molecule has 0 bridgehead atoms. The number of aliphatic hydroxyl groups is 2. The average molecular weight is 366 g/mol. The van der Waals surface area contributed by atoms with Crippen molar-refractivity contribution in [2.45, 2.75) is 89.6 Å². The van der Waals surface area contributed by atoms with Crippen LogP contribution in [0.4, 0.5) is 0 Å². The van der Waals surface area contributed by atoms with Crippen LogP contribution in [0.1, 0.15) is 66.2 Å². The van der Waals surface area contributed by atoms with Crippen LogP contribution < -0.4 is 0 Å². The fourth-order valence-corrected chi connectivity index (χ4v) is 7.49. The highest BCUT2D eigenvalue weighted by molar-refractivity contribution is 5.77. The van der Waals surface area contributed by atoms with Crippen LogP contribution in [-0.4, -0.2) is 46.7 Å². The van der Waals surface area contributed by atoms with Crippen molar-refractivity contribution < 1.29 is 24.5 Å². The van der Waals surface area contributed by atoms with Crippen LogP contribution in [0, 0.1) is 28.6 Å². The van der Waals surface area contributed by atoms with Crippen LogP contribution in [0.3, 0.4) is 0 Å². The molecule has 5 nitrogen and oxygen atoms in total. The van der Waals surface area contributed by atoms with E-state index < -0.39 is 22.7 Å². The monoisotopic (exact) mass is 366 g/mol. The van der Waals surface area contributed by atoms with Crippen molar-refractivity contribution in [1.29, 1.82) is 0 Å². The van der Waals surface area contributed by atoms with E-state index in [9.17, 15) is 15.0 Å². The SMILES string of the molecule is COC(=O)[C@]1(C)CCC[C@@]2(C)[C@H]3C[C@H]4O[C@]4(C(C)C)[C@@H](O)[C@@]3(O)CC[C@H]21. The third kappa shape index (κ3) is 2.00. The van der Waals surface area contributed by atoms with Gasteiger partial charge in [0.05, 0.1) is 24.2 Å². The lowest BCUT2D eigenvalue weighted by atomic mass is 9.42. The molecule has 1 heterocycles. The van der Waals surface area contributed by atoms with Gasteiger partial charge in [-0.25, -0.2) is 0 Å². The van der Waals surface area contributed by atoms with Crippen LogP contribution in [0.25, 0.3) is 0 Å². The summed E-state index contributed by atoms with van der Waals surface area (Å²) in [6, 6.07) is 0. The maximum Gasteiger partial charge on any atom is 0.311 e. The fourth-order valence-electron chi connectivity index (χ4n) is 7.49. The Hall–Kier alpha value is -0.650. The lowest BCUT2D eigenvalue weighted by Crippen LogP contribution is -2.69. The lowest BCUT2D eigenvalue weighted by Gasteiger charge is -2.63. The Balaban J connectivity index is 1.73. The minimum Gasteiger partial charge on any atom is -0.469 e. The number of esters is 1. The second-order valence-corrected chi connectivity index (χ2v) is 10.2. The Morgan fingerprint density at radius 2 is 1.88 bits per heavy atom. The summed E-state index contributed by atoms with van der Waals surface area (Å²) in [7, 11) is 1.47. The fraction of sp³-hybridized carbons (Fsp3) is 0.952. The Morgan fingerprint density at radius 1 is 1.19 bits per heavy atom. The maximum atomic E-state index is 12.6. The lowest BCUT2D eigenvalue weighted by molar-refractivity contribution is -0.240. The van der Waals surface area contributed by atoms with E-state index in [2.05, 4.69) is 20.8 Å². The molecule has 0 aromatic rings. The van der Waals surface area contributed by atoms with E-state index in [4.69, 9.17) is 9.47 Å². The van der Waals surface area contributed by atoms with Crippen LogP contribution >= 0.6 is 0 Å². The van der Waals surface area contributed by atoms with Gasteiger partial charge in [0.15, 0.2) is 0 Å². The van der Waals surface area contributed by atoms with Crippen molar-refractivity contribution in [3.05, 3.63) is 0 Å². The van der Waals surface area contributed by atoms with E-state index in [1.165, 1.54) is 7.11 Å². The van der Waals surface area contributed by atoms with Gasteiger partial charge >= 0.3 is 5.97 Å². The van der Waals surface area contributed by atoms with Gasteiger partial charge in [0.2, 0.25) is 0 Å². The van der Waals surface area contributed by atoms with E-state index in [-0.39, 0.29) is 35.2 Å². The summed E-state index contributed by atoms with van der Waals surface area (Å²) in [4.78, 5) is 12.6. The highest BCUT2D eigenvalue weighted by Crippen LogP contribution is 2.69. The Labute approximate surface area is 156 Å². The molecule has 0 aromatic heterocycles. The van der Waals surface area contributed by atoms with Crippen molar-refractivity contribution in [1.82, 2.24) is 0 Å². The summed E-state index contributed by atoms with van der Waals surface area (Å²) in [5.41, 5.74) is -2.42. The van der Waals surface area contributed by atoms with Crippen LogP contribution in [0.5, 0.6) is 0 Å². The number of ether oxygens (including phenoxy) is 2. The van der Waals surface area contributed by atoms with E-state index in [1.807, 2.05) is 6.92 Å². The molecule has 4 rings (SSSR count). The van der Waals surface area contributed by atoms with Gasteiger partial charge in [-0.15, -0.1) is 0 Å². The quantitative estimate of drug-likeness (QED) is 0.580. The van der Waals surface area contributed by atoms with Gasteiger partial charge in [0.25, 0.3) is 0 Å². The first-order valence-corrected chi connectivity index (χ1v) is 10.2. The number of carbonyl (C=O) groups is 1. The molecule has 0 aromatic carbocycles. The molecule has 5 heteroatoms.